The second-order valence-electron chi connectivity index (χ2n) is 8.40. The largest absolute Gasteiger partial charge is 0.484 e. The van der Waals surface area contributed by atoms with Gasteiger partial charge >= 0.3 is 0 Å². The van der Waals surface area contributed by atoms with Crippen LogP contribution in [0.25, 0.3) is 0 Å². The van der Waals surface area contributed by atoms with Gasteiger partial charge in [0.05, 0.1) is 0 Å². The highest BCUT2D eigenvalue weighted by atomic mass is 35.5. The first-order valence-corrected chi connectivity index (χ1v) is 11.7. The van der Waals surface area contributed by atoms with Gasteiger partial charge in [-0.1, -0.05) is 63.6 Å². The van der Waals surface area contributed by atoms with Gasteiger partial charge in [-0.25, -0.2) is 0 Å². The lowest BCUT2D eigenvalue weighted by atomic mass is 10.0. The lowest BCUT2D eigenvalue weighted by molar-refractivity contribution is -0.143. The average Bonchev–Trinajstić information content (AvgIpc) is 2.78. The summed E-state index contributed by atoms with van der Waals surface area (Å²) in [6.45, 7) is 10.3. The summed E-state index contributed by atoms with van der Waals surface area (Å²) in [6, 6.07) is 14.5. The molecule has 5 nitrogen and oxygen atoms in total. The van der Waals surface area contributed by atoms with Crippen molar-refractivity contribution in [3.63, 3.8) is 0 Å². The Morgan fingerprint density at radius 3 is 2.12 bits per heavy atom. The maximum atomic E-state index is 13.2. The number of carbonyl (C=O) groups excluding carboxylic acids is 2. The highest BCUT2D eigenvalue weighted by Gasteiger charge is 2.29. The van der Waals surface area contributed by atoms with Crippen LogP contribution in [0.4, 0.5) is 0 Å². The molecule has 0 spiro atoms. The second-order valence-corrected chi connectivity index (χ2v) is 8.84. The van der Waals surface area contributed by atoms with Crippen molar-refractivity contribution in [2.45, 2.75) is 72.0 Å². The van der Waals surface area contributed by atoms with Crippen molar-refractivity contribution in [1.82, 2.24) is 10.2 Å². The topological polar surface area (TPSA) is 58.6 Å². The Kier molecular flexibility index (Phi) is 10.0. The van der Waals surface area contributed by atoms with Crippen molar-refractivity contribution in [1.29, 1.82) is 0 Å². The molecule has 0 saturated carbocycles. The van der Waals surface area contributed by atoms with Crippen LogP contribution >= 0.6 is 11.6 Å². The third kappa shape index (κ3) is 7.56. The summed E-state index contributed by atoms with van der Waals surface area (Å²) in [4.78, 5) is 27.8. The summed E-state index contributed by atoms with van der Waals surface area (Å²) in [6.07, 6.45) is 1.33. The molecule has 0 aliphatic carbocycles. The molecule has 0 saturated heterocycles. The molecule has 2 aromatic carbocycles. The van der Waals surface area contributed by atoms with E-state index in [1.54, 1.807) is 17.0 Å². The number of ether oxygens (including phenoxy) is 1. The summed E-state index contributed by atoms with van der Waals surface area (Å²) in [5.41, 5.74) is 2.11. The Morgan fingerprint density at radius 1 is 0.969 bits per heavy atom. The molecule has 0 radical (unpaired) electrons. The first kappa shape index (κ1) is 25.7. The van der Waals surface area contributed by atoms with Gasteiger partial charge < -0.3 is 15.0 Å². The first-order valence-electron chi connectivity index (χ1n) is 11.3. The van der Waals surface area contributed by atoms with Gasteiger partial charge in [-0.2, -0.15) is 0 Å². The van der Waals surface area contributed by atoms with Gasteiger partial charge in [-0.05, 0) is 61.1 Å². The second kappa shape index (κ2) is 12.5. The van der Waals surface area contributed by atoms with E-state index in [1.807, 2.05) is 57.2 Å². The summed E-state index contributed by atoms with van der Waals surface area (Å²) >= 11 is 6.01. The van der Waals surface area contributed by atoms with Gasteiger partial charge in [0, 0.05) is 17.6 Å². The van der Waals surface area contributed by atoms with E-state index < -0.39 is 6.04 Å². The zero-order valence-electron chi connectivity index (χ0n) is 19.7. The van der Waals surface area contributed by atoms with Gasteiger partial charge in [0.15, 0.2) is 6.61 Å². The van der Waals surface area contributed by atoms with Crippen LogP contribution in [0.2, 0.25) is 5.02 Å². The van der Waals surface area contributed by atoms with Crippen molar-refractivity contribution in [2.75, 3.05) is 6.61 Å². The van der Waals surface area contributed by atoms with Crippen molar-refractivity contribution in [2.24, 2.45) is 0 Å². The number of carbonyl (C=O) groups is 2. The smallest absolute Gasteiger partial charge is 0.261 e. The molecule has 6 heteroatoms. The Hall–Kier alpha value is -2.53. The van der Waals surface area contributed by atoms with E-state index in [0.29, 0.717) is 29.7 Å². The fourth-order valence-corrected chi connectivity index (χ4v) is 3.45. The van der Waals surface area contributed by atoms with Crippen LogP contribution in [-0.2, 0) is 16.1 Å². The fraction of sp³-hybridized carbons (Fsp3) is 0.462. The highest BCUT2D eigenvalue weighted by molar-refractivity contribution is 6.30. The van der Waals surface area contributed by atoms with Crippen molar-refractivity contribution in [3.8, 4) is 5.75 Å². The van der Waals surface area contributed by atoms with Crippen molar-refractivity contribution >= 4 is 23.4 Å². The lowest BCUT2D eigenvalue weighted by Crippen LogP contribution is -2.51. The van der Waals surface area contributed by atoms with E-state index in [1.165, 1.54) is 5.56 Å². The van der Waals surface area contributed by atoms with Crippen LogP contribution < -0.4 is 10.1 Å². The van der Waals surface area contributed by atoms with E-state index >= 15 is 0 Å². The van der Waals surface area contributed by atoms with E-state index in [0.717, 1.165) is 12.0 Å². The maximum absolute atomic E-state index is 13.2. The maximum Gasteiger partial charge on any atom is 0.261 e. The molecule has 0 bridgehead atoms. The van der Waals surface area contributed by atoms with E-state index in [4.69, 9.17) is 16.3 Å². The van der Waals surface area contributed by atoms with Crippen LogP contribution in [0.15, 0.2) is 48.5 Å². The van der Waals surface area contributed by atoms with Crippen LogP contribution in [-0.4, -0.2) is 35.4 Å². The zero-order valence-corrected chi connectivity index (χ0v) is 20.5. The number of hydrogen-bond acceptors (Lipinski definition) is 3. The SMILES string of the molecule is CCC(C)NC(=O)C(CC)N(Cc1ccc(Cl)cc1)C(=O)COc1ccc(C(C)C)cc1. The van der Waals surface area contributed by atoms with Crippen LogP contribution in [0.3, 0.4) is 0 Å². The van der Waals surface area contributed by atoms with Crippen LogP contribution in [0, 0.1) is 0 Å². The summed E-state index contributed by atoms with van der Waals surface area (Å²) in [5.74, 6) is 0.672. The van der Waals surface area contributed by atoms with Gasteiger partial charge in [0.1, 0.15) is 11.8 Å². The minimum absolute atomic E-state index is 0.0414. The third-order valence-corrected chi connectivity index (χ3v) is 5.81. The first-order chi connectivity index (χ1) is 15.2. The predicted octanol–water partition coefficient (Wildman–Crippen LogP) is 5.56. The molecule has 0 heterocycles. The fourth-order valence-electron chi connectivity index (χ4n) is 3.32. The molecule has 0 aromatic heterocycles. The Labute approximate surface area is 197 Å². The van der Waals surface area contributed by atoms with Crippen LogP contribution in [0.1, 0.15) is 64.5 Å². The molecule has 2 unspecified atom stereocenters. The van der Waals surface area contributed by atoms with Crippen LogP contribution in [0.5, 0.6) is 5.75 Å². The third-order valence-electron chi connectivity index (χ3n) is 5.56. The Balaban J connectivity index is 2.18. The van der Waals surface area contributed by atoms with E-state index in [-0.39, 0.29) is 24.5 Å². The number of halogens is 1. The Morgan fingerprint density at radius 2 is 1.59 bits per heavy atom. The molecule has 2 rings (SSSR count). The summed E-state index contributed by atoms with van der Waals surface area (Å²) in [7, 11) is 0. The van der Waals surface area contributed by atoms with Crippen molar-refractivity contribution in [3.05, 3.63) is 64.7 Å². The number of hydrogen-bond donors (Lipinski definition) is 1. The average molecular weight is 459 g/mol. The molecule has 174 valence electrons. The summed E-state index contributed by atoms with van der Waals surface area (Å²) in [5, 5.41) is 3.63. The lowest BCUT2D eigenvalue weighted by Gasteiger charge is -2.31. The highest BCUT2D eigenvalue weighted by Crippen LogP contribution is 2.20. The molecule has 0 fully saturated rings. The van der Waals surface area contributed by atoms with E-state index in [2.05, 4.69) is 19.2 Å². The standard InChI is InChI=1S/C26H35ClN2O3/c1-6-19(5)28-26(31)24(7-2)29(16-20-8-12-22(27)13-9-20)25(30)17-32-23-14-10-21(11-15-23)18(3)4/h8-15,18-19,24H,6-7,16-17H2,1-5H3,(H,28,31). The molecular weight excluding hydrogens is 424 g/mol. The zero-order chi connectivity index (χ0) is 23.7. The van der Waals surface area contributed by atoms with Gasteiger partial charge in [0.2, 0.25) is 5.91 Å². The summed E-state index contributed by atoms with van der Waals surface area (Å²) < 4.78 is 5.77. The normalized spacial score (nSPS) is 12.8. The molecule has 2 amide bonds. The minimum atomic E-state index is -0.584. The predicted molar refractivity (Wildman–Crippen MR) is 130 cm³/mol. The minimum Gasteiger partial charge on any atom is -0.484 e. The number of benzene rings is 2. The number of nitrogens with zero attached hydrogens (tertiary/aromatic N) is 1. The molecule has 0 aliphatic rings. The monoisotopic (exact) mass is 458 g/mol. The van der Waals surface area contributed by atoms with Gasteiger partial charge in [0.25, 0.3) is 5.91 Å². The molecular formula is C26H35ClN2O3. The number of nitrogens with one attached hydrogen (secondary N) is 1. The number of amides is 2. The van der Waals surface area contributed by atoms with Gasteiger partial charge in [-0.3, -0.25) is 9.59 Å². The number of rotatable bonds is 11. The Bertz CT molecular complexity index is 866. The molecule has 2 aromatic rings. The van der Waals surface area contributed by atoms with E-state index in [9.17, 15) is 9.59 Å². The van der Waals surface area contributed by atoms with Gasteiger partial charge in [-0.15, -0.1) is 0 Å². The molecule has 1 N–H and O–H groups in total. The quantitative estimate of drug-likeness (QED) is 0.479. The molecule has 32 heavy (non-hydrogen) atoms. The molecule has 2 atom stereocenters. The molecule has 0 aliphatic heterocycles. The van der Waals surface area contributed by atoms with Crippen molar-refractivity contribution < 1.29 is 14.3 Å².